The number of hydrogen-bond acceptors (Lipinski definition) is 3. The zero-order chi connectivity index (χ0) is 19.8. The molecule has 0 aromatic carbocycles. The van der Waals surface area contributed by atoms with Crippen LogP contribution in [0, 0.1) is 34.5 Å². The molecule has 0 aromatic heterocycles. The minimum absolute atomic E-state index is 0.0728. The Morgan fingerprint density at radius 2 is 1.81 bits per heavy atom. The second-order valence-electron chi connectivity index (χ2n) is 10.6. The van der Waals surface area contributed by atoms with Crippen LogP contribution in [0.3, 0.4) is 0 Å². The highest BCUT2D eigenvalue weighted by molar-refractivity contribution is 7.92. The van der Waals surface area contributed by atoms with Gasteiger partial charge >= 0.3 is 0 Å². The quantitative estimate of drug-likeness (QED) is 0.712. The summed E-state index contributed by atoms with van der Waals surface area (Å²) in [7, 11) is -1.37. The van der Waals surface area contributed by atoms with Gasteiger partial charge < -0.3 is 4.90 Å². The van der Waals surface area contributed by atoms with E-state index < -0.39 is 15.1 Å². The summed E-state index contributed by atoms with van der Waals surface area (Å²) in [4.78, 5) is 14.4. The Morgan fingerprint density at radius 1 is 1.11 bits per heavy atom. The van der Waals surface area contributed by atoms with Crippen LogP contribution in [0.2, 0.25) is 0 Å². The van der Waals surface area contributed by atoms with Gasteiger partial charge in [-0.2, -0.15) is 0 Å². The average molecular weight is 396 g/mol. The number of nitrogens with zero attached hydrogens (tertiary/aromatic N) is 1. The predicted octanol–water partition coefficient (Wildman–Crippen LogP) is 3.90. The lowest BCUT2D eigenvalue weighted by Gasteiger charge is -2.65. The molecule has 4 rings (SSSR count). The van der Waals surface area contributed by atoms with Crippen molar-refractivity contribution in [3.8, 4) is 0 Å². The molecule has 4 fully saturated rings. The van der Waals surface area contributed by atoms with Crippen molar-refractivity contribution in [2.24, 2.45) is 34.5 Å². The number of piperidine rings is 1. The van der Waals surface area contributed by atoms with Gasteiger partial charge in [0.2, 0.25) is 5.91 Å². The smallest absolute Gasteiger partial charge is 0.222 e. The highest BCUT2D eigenvalue weighted by atomic mass is 32.2. The maximum atomic E-state index is 13.3. The number of amides is 1. The monoisotopic (exact) mass is 395 g/mol. The van der Waals surface area contributed by atoms with Crippen molar-refractivity contribution in [2.75, 3.05) is 12.8 Å². The van der Waals surface area contributed by atoms with Crippen LogP contribution in [-0.2, 0) is 14.6 Å². The van der Waals surface area contributed by atoms with Gasteiger partial charge in [-0.15, -0.1) is 0 Å². The molecule has 3 aliphatic carbocycles. The second kappa shape index (κ2) is 6.21. The molecule has 27 heavy (non-hydrogen) atoms. The molecule has 4 nitrogen and oxygen atoms in total. The summed E-state index contributed by atoms with van der Waals surface area (Å²) >= 11 is 0. The number of sulfone groups is 1. The summed E-state index contributed by atoms with van der Waals surface area (Å²) in [5.41, 5.74) is 0.326. The Bertz CT molecular complexity index is 734. The van der Waals surface area contributed by atoms with E-state index in [1.807, 2.05) is 11.9 Å². The first-order chi connectivity index (χ1) is 12.6. The Balaban J connectivity index is 1.86. The van der Waals surface area contributed by atoms with Crippen LogP contribution in [0.4, 0.5) is 0 Å². The minimum atomic E-state index is -3.23. The third kappa shape index (κ3) is 2.59. The summed E-state index contributed by atoms with van der Waals surface area (Å²) in [5, 5.41) is -0.411. The molecule has 8 atom stereocenters. The average Bonchev–Trinajstić information content (AvgIpc) is 3.01. The molecule has 1 heterocycles. The van der Waals surface area contributed by atoms with Crippen LogP contribution in [0.5, 0.6) is 0 Å². The largest absolute Gasteiger partial charge is 0.341 e. The summed E-state index contributed by atoms with van der Waals surface area (Å²) in [6.07, 6.45) is 7.76. The SMILES string of the molecule is CCS(=O)(=O)[C@@H]1[C@H](C)[C@H]2[C@@H]3CCC[C@@]3(C)CC[C@@H]2[C@@]2(C)CCC(=O)N(C)[C@H]12. The third-order valence-corrected chi connectivity index (χ3v) is 11.9. The highest BCUT2D eigenvalue weighted by Crippen LogP contribution is 2.66. The van der Waals surface area contributed by atoms with Crippen LogP contribution in [-0.4, -0.2) is 43.3 Å². The Hall–Kier alpha value is -0.580. The van der Waals surface area contributed by atoms with Crippen molar-refractivity contribution < 1.29 is 13.2 Å². The van der Waals surface area contributed by atoms with E-state index in [0.29, 0.717) is 29.6 Å². The van der Waals surface area contributed by atoms with Gasteiger partial charge in [0.25, 0.3) is 0 Å². The van der Waals surface area contributed by atoms with Crippen molar-refractivity contribution in [1.82, 2.24) is 4.90 Å². The zero-order valence-corrected chi connectivity index (χ0v) is 18.5. The fourth-order valence-electron chi connectivity index (χ4n) is 8.21. The summed E-state index contributed by atoms with van der Waals surface area (Å²) in [5.74, 6) is 2.13. The molecule has 0 N–H and O–H groups in total. The molecule has 4 aliphatic rings. The zero-order valence-electron chi connectivity index (χ0n) is 17.7. The van der Waals surface area contributed by atoms with Crippen LogP contribution in [0.1, 0.15) is 72.6 Å². The van der Waals surface area contributed by atoms with Gasteiger partial charge in [-0.3, -0.25) is 4.79 Å². The van der Waals surface area contributed by atoms with Gasteiger partial charge in [0.15, 0.2) is 9.84 Å². The van der Waals surface area contributed by atoms with Crippen molar-refractivity contribution in [3.05, 3.63) is 0 Å². The molecule has 0 aromatic rings. The molecular formula is C22H37NO3S. The predicted molar refractivity (Wildman–Crippen MR) is 108 cm³/mol. The molecule has 3 saturated carbocycles. The van der Waals surface area contributed by atoms with Crippen molar-refractivity contribution >= 4 is 15.7 Å². The van der Waals surface area contributed by atoms with Crippen molar-refractivity contribution in [2.45, 2.75) is 83.9 Å². The molecule has 1 saturated heterocycles. The summed E-state index contributed by atoms with van der Waals surface area (Å²) in [6.45, 7) is 8.75. The molecule has 0 radical (unpaired) electrons. The number of carbonyl (C=O) groups excluding carboxylic acids is 1. The Labute approximate surface area is 165 Å². The van der Waals surface area contributed by atoms with E-state index in [2.05, 4.69) is 20.8 Å². The van der Waals surface area contributed by atoms with E-state index >= 15 is 0 Å². The number of carbonyl (C=O) groups is 1. The number of fused-ring (bicyclic) bond motifs is 5. The van der Waals surface area contributed by atoms with Gasteiger partial charge in [0.1, 0.15) is 0 Å². The van der Waals surface area contributed by atoms with Gasteiger partial charge in [-0.05, 0) is 66.6 Å². The molecule has 0 spiro atoms. The Morgan fingerprint density at radius 3 is 2.48 bits per heavy atom. The lowest BCUT2D eigenvalue weighted by molar-refractivity contribution is -0.163. The molecular weight excluding hydrogens is 358 g/mol. The normalized spacial score (nSPS) is 50.1. The number of rotatable bonds is 2. The van der Waals surface area contributed by atoms with Crippen LogP contribution in [0.25, 0.3) is 0 Å². The lowest BCUT2D eigenvalue weighted by atomic mass is 9.45. The summed E-state index contributed by atoms with van der Waals surface area (Å²) in [6, 6.07) is -0.161. The van der Waals surface area contributed by atoms with Gasteiger partial charge in [0, 0.05) is 19.2 Å². The standard InChI is InChI=1S/C22H37NO3S/c1-6-27(25,26)19-14(2)18-15-8-7-11-21(15,3)12-9-16(18)22(4)13-10-17(24)23(5)20(19)22/h14-16,18-20H,6-13H2,1-5H3/t14-,15+,16+,18+,19-,20-,21+,22-/m1/s1. The minimum Gasteiger partial charge on any atom is -0.341 e. The first-order valence-corrected chi connectivity index (χ1v) is 12.8. The van der Waals surface area contributed by atoms with Crippen molar-refractivity contribution in [3.63, 3.8) is 0 Å². The van der Waals surface area contributed by atoms with E-state index in [-0.39, 0.29) is 29.0 Å². The first kappa shape index (κ1) is 19.7. The first-order valence-electron chi connectivity index (χ1n) is 11.0. The maximum absolute atomic E-state index is 13.3. The van der Waals surface area contributed by atoms with E-state index in [0.717, 1.165) is 6.42 Å². The fraction of sp³-hybridized carbons (Fsp3) is 0.955. The van der Waals surface area contributed by atoms with Crippen LogP contribution >= 0.6 is 0 Å². The number of likely N-dealkylation sites (tertiary alicyclic amines) is 1. The van der Waals surface area contributed by atoms with Crippen molar-refractivity contribution in [1.29, 1.82) is 0 Å². The van der Waals surface area contributed by atoms with Gasteiger partial charge in [-0.25, -0.2) is 8.42 Å². The van der Waals surface area contributed by atoms with Crippen LogP contribution in [0.15, 0.2) is 0 Å². The fourth-order valence-corrected chi connectivity index (χ4v) is 10.3. The molecule has 0 unspecified atom stereocenters. The van der Waals surface area contributed by atoms with E-state index in [1.165, 1.54) is 32.1 Å². The van der Waals surface area contributed by atoms with E-state index in [4.69, 9.17) is 0 Å². The highest BCUT2D eigenvalue weighted by Gasteiger charge is 2.65. The molecule has 5 heteroatoms. The molecule has 0 bridgehead atoms. The topological polar surface area (TPSA) is 54.5 Å². The summed E-state index contributed by atoms with van der Waals surface area (Å²) < 4.78 is 26.6. The second-order valence-corrected chi connectivity index (χ2v) is 13.1. The third-order valence-electron chi connectivity index (χ3n) is 9.58. The van der Waals surface area contributed by atoms with Gasteiger partial charge in [-0.1, -0.05) is 34.1 Å². The molecule has 1 aliphatic heterocycles. The molecule has 1 amide bonds. The maximum Gasteiger partial charge on any atom is 0.222 e. The van der Waals surface area contributed by atoms with E-state index in [9.17, 15) is 13.2 Å². The Kier molecular flexibility index (Phi) is 4.53. The molecule has 154 valence electrons. The van der Waals surface area contributed by atoms with E-state index in [1.54, 1.807) is 6.92 Å². The van der Waals surface area contributed by atoms with Gasteiger partial charge in [0.05, 0.1) is 11.3 Å². The number of hydrogen-bond donors (Lipinski definition) is 0. The van der Waals surface area contributed by atoms with Crippen LogP contribution < -0.4 is 0 Å². The lowest BCUT2D eigenvalue weighted by Crippen LogP contribution is -2.70.